The number of benzene rings is 2. The zero-order chi connectivity index (χ0) is 50.0. The molecule has 1 saturated carbocycles. The van der Waals surface area contributed by atoms with Crippen molar-refractivity contribution < 1.29 is 23.6 Å². The van der Waals surface area contributed by atoms with Gasteiger partial charge < -0.3 is 14.8 Å². The molecule has 8 heterocycles. The summed E-state index contributed by atoms with van der Waals surface area (Å²) >= 11 is 0. The van der Waals surface area contributed by atoms with Gasteiger partial charge in [0.25, 0.3) is 5.91 Å². The Kier molecular flexibility index (Phi) is 12.9. The number of aryl methyl sites for hydroxylation is 2. The minimum atomic E-state index is -0.647. The summed E-state index contributed by atoms with van der Waals surface area (Å²) in [5, 5.41) is 6.62. The summed E-state index contributed by atoms with van der Waals surface area (Å²) in [6, 6.07) is 17.9. The number of imide groups is 1. The Bertz CT molecular complexity index is 2970. The number of piperazine rings is 1. The third-order valence-electron chi connectivity index (χ3n) is 17.2. The van der Waals surface area contributed by atoms with Crippen molar-refractivity contribution in [2.75, 3.05) is 69.6 Å². The number of likely N-dealkylation sites (tertiary alicyclic amines) is 1. The second-order valence-electron chi connectivity index (χ2n) is 21.5. The number of hydrogen-bond donors (Lipinski definition) is 2. The Labute approximate surface area is 421 Å². The third kappa shape index (κ3) is 8.60. The van der Waals surface area contributed by atoms with Gasteiger partial charge in [0.1, 0.15) is 23.3 Å². The molecule has 5 aromatic rings. The van der Waals surface area contributed by atoms with Gasteiger partial charge in [0.15, 0.2) is 0 Å². The maximum absolute atomic E-state index is 16.2. The van der Waals surface area contributed by atoms with Crippen LogP contribution in [0.25, 0.3) is 27.7 Å². The lowest BCUT2D eigenvalue weighted by molar-refractivity contribution is -0.136. The van der Waals surface area contributed by atoms with Gasteiger partial charge in [0.2, 0.25) is 17.7 Å². The van der Waals surface area contributed by atoms with Crippen molar-refractivity contribution in [3.63, 3.8) is 0 Å². The van der Waals surface area contributed by atoms with E-state index in [0.29, 0.717) is 55.6 Å². The number of aromatic nitrogens is 3. The average Bonchev–Trinajstić information content (AvgIpc) is 3.84. The van der Waals surface area contributed by atoms with Gasteiger partial charge >= 0.3 is 0 Å². The van der Waals surface area contributed by atoms with Gasteiger partial charge in [-0.1, -0.05) is 24.6 Å². The SMILES string of the molecule is CNc1ccc(-c2ccnc3c2cc([C@H](C)N2CC=C(c4c(C)cc(C(=O)N5CCC(CN6CCN(Cc7ccc8c(c7)C7(CCC7)C(=O)N8C7CCC(=O)NC7=O)C[C@@H]6C)CC5)cc4F)CC2)n3C)cn1. The molecule has 3 atom stereocenters. The number of nitrogens with zero attached hydrogens (tertiary/aromatic N) is 8. The summed E-state index contributed by atoms with van der Waals surface area (Å²) in [6.07, 6.45) is 11.6. The number of nitrogens with one attached hydrogen (secondary N) is 2. The number of carbonyl (C=O) groups excluding carboxylic acids is 4. The van der Waals surface area contributed by atoms with Crippen molar-refractivity contribution in [3.05, 3.63) is 112 Å². The fourth-order valence-corrected chi connectivity index (χ4v) is 12.9. The second-order valence-corrected chi connectivity index (χ2v) is 21.5. The van der Waals surface area contributed by atoms with Crippen LogP contribution in [0.5, 0.6) is 0 Å². The number of fused-ring (bicyclic) bond motifs is 3. The molecule has 4 fully saturated rings. The van der Waals surface area contributed by atoms with Gasteiger partial charge in [0, 0.05) is 137 Å². The number of amides is 4. The van der Waals surface area contributed by atoms with Crippen LogP contribution in [-0.4, -0.2) is 129 Å². The van der Waals surface area contributed by atoms with E-state index >= 15 is 4.39 Å². The highest BCUT2D eigenvalue weighted by molar-refractivity contribution is 6.14. The Balaban J connectivity index is 0.670. The van der Waals surface area contributed by atoms with Crippen molar-refractivity contribution in [1.82, 2.24) is 39.5 Å². The second kappa shape index (κ2) is 19.3. The van der Waals surface area contributed by atoms with Gasteiger partial charge in [-0.05, 0) is 136 Å². The smallest absolute Gasteiger partial charge is 0.253 e. The Morgan fingerprint density at radius 2 is 1.78 bits per heavy atom. The molecule has 14 nitrogen and oxygen atoms in total. The molecular formula is C57H67FN10O4. The van der Waals surface area contributed by atoms with Crippen LogP contribution in [0.4, 0.5) is 15.9 Å². The van der Waals surface area contributed by atoms with Gasteiger partial charge in [-0.3, -0.25) is 44.1 Å². The molecule has 376 valence electrons. The summed E-state index contributed by atoms with van der Waals surface area (Å²) in [7, 11) is 3.94. The van der Waals surface area contributed by atoms with Crippen LogP contribution < -0.4 is 15.5 Å². The molecule has 4 amide bonds. The van der Waals surface area contributed by atoms with Gasteiger partial charge in [-0.2, -0.15) is 0 Å². The molecule has 11 rings (SSSR count). The largest absolute Gasteiger partial charge is 0.373 e. The number of carbonyl (C=O) groups is 4. The fraction of sp³-hybridized carbons (Fsp3) is 0.474. The molecule has 0 bridgehead atoms. The standard InChI is InChI=1S/C57H67FN10O4/c1-35-27-42(29-46(58)52(35)40-16-23-65(24-17-40)37(3)49-30-44-43(13-20-60-53(44)63(49)5)41-8-11-50(59-4)61-31-41)55(71)66-21-14-38(15-22-66)34-67-26-25-64(32-36(67)2)33-39-7-9-47-45(28-39)57(18-6-19-57)56(72)68(47)48-10-12-51(69)62-54(48)70/h7-9,11,13,16,20,27-31,36-38,48H,6,10,12,14-15,17-19,21-26,32-34H2,1-5H3,(H,59,61)(H,62,69,70)/t36-,37-,48?/m0/s1. The molecule has 2 aromatic carbocycles. The van der Waals surface area contributed by atoms with Crippen LogP contribution in [-0.2, 0) is 33.4 Å². The highest BCUT2D eigenvalue weighted by Gasteiger charge is 2.57. The molecular weight excluding hydrogens is 908 g/mol. The predicted molar refractivity (Wildman–Crippen MR) is 278 cm³/mol. The van der Waals surface area contributed by atoms with Crippen LogP contribution in [0.15, 0.2) is 73.1 Å². The number of anilines is 2. The molecule has 1 spiro atoms. The Morgan fingerprint density at radius 1 is 0.958 bits per heavy atom. The van der Waals surface area contributed by atoms with Gasteiger partial charge in [-0.15, -0.1) is 0 Å². The first-order valence-electron chi connectivity index (χ1n) is 26.2. The van der Waals surface area contributed by atoms with E-state index < -0.39 is 11.5 Å². The molecule has 0 radical (unpaired) electrons. The van der Waals surface area contributed by atoms with Crippen molar-refractivity contribution in [2.45, 2.75) is 102 Å². The summed E-state index contributed by atoms with van der Waals surface area (Å²) in [4.78, 5) is 73.0. The summed E-state index contributed by atoms with van der Waals surface area (Å²) in [5.74, 6) is 0.234. The fourth-order valence-electron chi connectivity index (χ4n) is 12.9. The van der Waals surface area contributed by atoms with Crippen molar-refractivity contribution >= 4 is 51.7 Å². The number of pyridine rings is 2. The van der Waals surface area contributed by atoms with Crippen LogP contribution >= 0.6 is 0 Å². The number of piperidine rings is 2. The Morgan fingerprint density at radius 3 is 2.46 bits per heavy atom. The first-order valence-corrected chi connectivity index (χ1v) is 26.2. The van der Waals surface area contributed by atoms with Crippen molar-refractivity contribution in [2.24, 2.45) is 13.0 Å². The maximum Gasteiger partial charge on any atom is 0.253 e. The minimum absolute atomic E-state index is 0.00924. The predicted octanol–water partition coefficient (Wildman–Crippen LogP) is 7.61. The first-order chi connectivity index (χ1) is 34.8. The Hall–Kier alpha value is -6.29. The van der Waals surface area contributed by atoms with E-state index in [-0.39, 0.29) is 41.9 Å². The highest BCUT2D eigenvalue weighted by atomic mass is 19.1. The number of rotatable bonds is 11. The van der Waals surface area contributed by atoms with Crippen molar-refractivity contribution in [3.8, 4) is 11.1 Å². The average molecular weight is 975 g/mol. The quantitative estimate of drug-likeness (QED) is 0.127. The molecule has 72 heavy (non-hydrogen) atoms. The molecule has 6 aliphatic rings. The molecule has 5 aliphatic heterocycles. The zero-order valence-corrected chi connectivity index (χ0v) is 42.3. The lowest BCUT2D eigenvalue weighted by Gasteiger charge is -2.43. The molecule has 3 saturated heterocycles. The van der Waals surface area contributed by atoms with Crippen LogP contribution in [0.2, 0.25) is 0 Å². The van der Waals surface area contributed by atoms with E-state index in [1.807, 2.05) is 55.5 Å². The van der Waals surface area contributed by atoms with E-state index in [4.69, 9.17) is 4.98 Å². The van der Waals surface area contributed by atoms with Gasteiger partial charge in [0.05, 0.1) is 5.41 Å². The zero-order valence-electron chi connectivity index (χ0n) is 42.3. The van der Waals surface area contributed by atoms with E-state index in [2.05, 4.69) is 86.1 Å². The summed E-state index contributed by atoms with van der Waals surface area (Å²) < 4.78 is 18.4. The monoisotopic (exact) mass is 975 g/mol. The molecule has 3 aromatic heterocycles. The van der Waals surface area contributed by atoms with E-state index in [1.54, 1.807) is 4.90 Å². The maximum atomic E-state index is 16.2. The number of hydrogen-bond acceptors (Lipinski definition) is 10. The summed E-state index contributed by atoms with van der Waals surface area (Å²) in [5.41, 5.74) is 9.54. The lowest BCUT2D eigenvalue weighted by atomic mass is 9.65. The van der Waals surface area contributed by atoms with E-state index in [1.165, 1.54) is 17.3 Å². The molecule has 2 N–H and O–H groups in total. The first kappa shape index (κ1) is 48.0. The van der Waals surface area contributed by atoms with Crippen LogP contribution in [0.3, 0.4) is 0 Å². The van der Waals surface area contributed by atoms with Gasteiger partial charge in [-0.25, -0.2) is 14.4 Å². The van der Waals surface area contributed by atoms with Crippen LogP contribution in [0, 0.1) is 18.7 Å². The van der Waals surface area contributed by atoms with Crippen molar-refractivity contribution in [1.29, 1.82) is 0 Å². The van der Waals surface area contributed by atoms with E-state index in [0.717, 1.165) is 122 Å². The molecule has 1 aliphatic carbocycles. The number of halogens is 1. The summed E-state index contributed by atoms with van der Waals surface area (Å²) in [6.45, 7) is 13.9. The topological polar surface area (TPSA) is 139 Å². The molecule has 15 heteroatoms. The lowest BCUT2D eigenvalue weighted by Crippen LogP contribution is -2.56. The highest BCUT2D eigenvalue weighted by Crippen LogP contribution is 2.54. The minimum Gasteiger partial charge on any atom is -0.373 e. The van der Waals surface area contributed by atoms with Crippen LogP contribution in [0.1, 0.15) is 110 Å². The normalized spacial score (nSPS) is 22.5. The third-order valence-corrected chi connectivity index (χ3v) is 17.2. The van der Waals surface area contributed by atoms with E-state index in [9.17, 15) is 19.2 Å². The molecule has 1 unspecified atom stereocenters.